The quantitative estimate of drug-likeness (QED) is 0.149. The third kappa shape index (κ3) is 5.66. The molecule has 176 valence electrons. The number of hydrogen-bond acceptors (Lipinski definition) is 5. The van der Waals surface area contributed by atoms with Gasteiger partial charge in [-0.1, -0.05) is 25.0 Å². The number of carbonyl (C=O) groups is 1. The van der Waals surface area contributed by atoms with Gasteiger partial charge in [-0.05, 0) is 31.4 Å². The van der Waals surface area contributed by atoms with Crippen LogP contribution in [0.4, 0.5) is 17.6 Å². The monoisotopic (exact) mass is 483 g/mol. The van der Waals surface area contributed by atoms with Crippen molar-refractivity contribution >= 4 is 15.9 Å². The predicted octanol–water partition coefficient (Wildman–Crippen LogP) is 4.67. The molecular formula is C23H21F4NO4S. The summed E-state index contributed by atoms with van der Waals surface area (Å²) >= 11 is 0. The molecule has 0 spiro atoms. The van der Waals surface area contributed by atoms with Crippen LogP contribution >= 0.6 is 0 Å². The largest absolute Gasteiger partial charge is 0.379 e. The van der Waals surface area contributed by atoms with E-state index in [1.54, 1.807) is 0 Å². The molecule has 0 amide bonds. The van der Waals surface area contributed by atoms with Crippen molar-refractivity contribution in [1.29, 1.82) is 0 Å². The second-order valence-electron chi connectivity index (χ2n) is 7.53. The van der Waals surface area contributed by atoms with Crippen LogP contribution in [0.5, 0.6) is 5.75 Å². The van der Waals surface area contributed by atoms with Crippen LogP contribution in [-0.4, -0.2) is 32.2 Å². The van der Waals surface area contributed by atoms with E-state index in [2.05, 4.69) is 12.0 Å². The number of hydrogen-bond donors (Lipinski definition) is 0. The highest BCUT2D eigenvalue weighted by Crippen LogP contribution is 2.28. The molecule has 1 heterocycles. The molecule has 1 aliphatic rings. The summed E-state index contributed by atoms with van der Waals surface area (Å²) in [6.45, 7) is 3.28. The number of nitrogens with zero attached hydrogens (tertiary/aromatic N) is 1. The second kappa shape index (κ2) is 10.3. The number of carbonyl (C=O) groups excluding carboxylic acids is 1. The fraction of sp³-hybridized carbons (Fsp3) is 0.348. The number of ketones is 1. The summed E-state index contributed by atoms with van der Waals surface area (Å²) in [5.74, 6) is -6.20. The molecule has 0 N–H and O–H groups in total. The van der Waals surface area contributed by atoms with Crippen molar-refractivity contribution in [3.8, 4) is 17.7 Å². The Morgan fingerprint density at radius 1 is 1.09 bits per heavy atom. The van der Waals surface area contributed by atoms with Gasteiger partial charge in [-0.15, -0.1) is 0 Å². The van der Waals surface area contributed by atoms with Crippen LogP contribution < -0.4 is 4.18 Å². The number of benzene rings is 2. The molecule has 2 aromatic rings. The Hall–Kier alpha value is -3.06. The molecule has 0 saturated carbocycles. The van der Waals surface area contributed by atoms with Gasteiger partial charge in [0, 0.05) is 43.1 Å². The third-order valence-corrected chi connectivity index (χ3v) is 6.39. The molecular weight excluding hydrogens is 462 g/mol. The van der Waals surface area contributed by atoms with Gasteiger partial charge in [-0.3, -0.25) is 4.79 Å². The summed E-state index contributed by atoms with van der Waals surface area (Å²) in [7, 11) is -5.05. The number of halogens is 4. The SMILES string of the molecule is CCCC#CN1CCC(C(=O)c2cccc(OS(=O)(=O)c3cc(F)c(F)c(F)c3F)c2)CC1. The van der Waals surface area contributed by atoms with Crippen molar-refractivity contribution < 1.29 is 35.0 Å². The first-order valence-electron chi connectivity index (χ1n) is 10.3. The molecule has 0 bridgehead atoms. The van der Waals surface area contributed by atoms with Crippen LogP contribution in [0.1, 0.15) is 43.0 Å². The molecule has 0 unspecified atom stereocenters. The highest BCUT2D eigenvalue weighted by molar-refractivity contribution is 7.87. The zero-order chi connectivity index (χ0) is 24.2. The van der Waals surface area contributed by atoms with Gasteiger partial charge in [0.2, 0.25) is 0 Å². The average molecular weight is 483 g/mol. The van der Waals surface area contributed by atoms with E-state index in [0.717, 1.165) is 18.9 Å². The zero-order valence-electron chi connectivity index (χ0n) is 17.7. The normalized spacial score (nSPS) is 14.5. The van der Waals surface area contributed by atoms with Gasteiger partial charge in [0.15, 0.2) is 29.1 Å². The number of piperidine rings is 1. The lowest BCUT2D eigenvalue weighted by Crippen LogP contribution is -2.33. The molecule has 1 aliphatic heterocycles. The molecule has 3 rings (SSSR count). The van der Waals surface area contributed by atoms with E-state index in [-0.39, 0.29) is 29.1 Å². The third-order valence-electron chi connectivity index (χ3n) is 5.14. The Labute approximate surface area is 189 Å². The maximum atomic E-state index is 13.9. The molecule has 1 saturated heterocycles. The molecule has 0 atom stereocenters. The summed E-state index contributed by atoms with van der Waals surface area (Å²) in [4.78, 5) is 13.3. The molecule has 0 radical (unpaired) electrons. The highest BCUT2D eigenvalue weighted by atomic mass is 32.2. The lowest BCUT2D eigenvalue weighted by Gasteiger charge is -2.28. The first kappa shape index (κ1) is 24.6. The Morgan fingerprint density at radius 3 is 2.45 bits per heavy atom. The van der Waals surface area contributed by atoms with Crippen LogP contribution in [0, 0.1) is 41.2 Å². The van der Waals surface area contributed by atoms with E-state index < -0.39 is 38.3 Å². The Balaban J connectivity index is 1.74. The van der Waals surface area contributed by atoms with E-state index in [0.29, 0.717) is 25.9 Å². The minimum Gasteiger partial charge on any atom is -0.379 e. The van der Waals surface area contributed by atoms with E-state index in [1.165, 1.54) is 18.2 Å². The van der Waals surface area contributed by atoms with Gasteiger partial charge in [0.1, 0.15) is 10.6 Å². The van der Waals surface area contributed by atoms with Crippen molar-refractivity contribution in [2.75, 3.05) is 13.1 Å². The van der Waals surface area contributed by atoms with E-state index in [1.807, 2.05) is 11.8 Å². The smallest absolute Gasteiger partial charge is 0.342 e. The van der Waals surface area contributed by atoms with Crippen LogP contribution in [0.25, 0.3) is 0 Å². The number of likely N-dealkylation sites (tertiary alicyclic amines) is 1. The lowest BCUT2D eigenvalue weighted by molar-refractivity contribution is 0.0869. The fourth-order valence-corrected chi connectivity index (χ4v) is 4.39. The van der Waals surface area contributed by atoms with Crippen molar-refractivity contribution in [3.05, 3.63) is 59.2 Å². The summed E-state index contributed by atoms with van der Waals surface area (Å²) in [6.07, 6.45) is 2.91. The van der Waals surface area contributed by atoms with E-state index >= 15 is 0 Å². The highest BCUT2D eigenvalue weighted by Gasteiger charge is 2.30. The standard InChI is InChI=1S/C23H21F4NO4S/c1-2-3-4-10-28-11-8-15(9-12-28)23(29)16-6-5-7-17(13-16)32-33(30,31)19-14-18(24)20(25)22(27)21(19)26/h5-7,13-15H,2-3,8-9,11-12H2,1H3. The Kier molecular flexibility index (Phi) is 7.64. The lowest BCUT2D eigenvalue weighted by atomic mass is 9.89. The van der Waals surface area contributed by atoms with Crippen LogP contribution in [0.15, 0.2) is 35.2 Å². The Morgan fingerprint density at radius 2 is 1.79 bits per heavy atom. The van der Waals surface area contributed by atoms with Gasteiger partial charge in [-0.25, -0.2) is 17.6 Å². The zero-order valence-corrected chi connectivity index (χ0v) is 18.5. The van der Waals surface area contributed by atoms with Crippen molar-refractivity contribution in [2.24, 2.45) is 5.92 Å². The van der Waals surface area contributed by atoms with E-state index in [9.17, 15) is 30.8 Å². The van der Waals surface area contributed by atoms with Gasteiger partial charge < -0.3 is 9.08 Å². The van der Waals surface area contributed by atoms with E-state index in [4.69, 9.17) is 4.18 Å². The van der Waals surface area contributed by atoms with Gasteiger partial charge in [-0.2, -0.15) is 8.42 Å². The van der Waals surface area contributed by atoms with Crippen LogP contribution in [0.3, 0.4) is 0 Å². The molecule has 2 aromatic carbocycles. The Bertz CT molecular complexity index is 1210. The first-order valence-corrected chi connectivity index (χ1v) is 11.7. The van der Waals surface area contributed by atoms with Crippen LogP contribution in [0.2, 0.25) is 0 Å². The average Bonchev–Trinajstić information content (AvgIpc) is 2.80. The van der Waals surface area contributed by atoms with Crippen LogP contribution in [-0.2, 0) is 10.1 Å². The minimum absolute atomic E-state index is 0.00470. The molecule has 0 aliphatic carbocycles. The van der Waals surface area contributed by atoms with Gasteiger partial charge in [0.05, 0.1) is 0 Å². The maximum absolute atomic E-state index is 13.9. The van der Waals surface area contributed by atoms with Crippen molar-refractivity contribution in [1.82, 2.24) is 4.90 Å². The van der Waals surface area contributed by atoms with Crippen molar-refractivity contribution in [3.63, 3.8) is 0 Å². The predicted molar refractivity (Wildman–Crippen MR) is 112 cm³/mol. The summed E-state index contributed by atoms with van der Waals surface area (Å²) in [6, 6.07) is 8.25. The summed E-state index contributed by atoms with van der Waals surface area (Å²) in [5, 5.41) is 0. The minimum atomic E-state index is -5.05. The number of rotatable bonds is 6. The second-order valence-corrected chi connectivity index (χ2v) is 9.04. The first-order chi connectivity index (χ1) is 15.6. The van der Waals surface area contributed by atoms with Crippen molar-refractivity contribution in [2.45, 2.75) is 37.5 Å². The number of Topliss-reactive ketones (excluding diaryl/α,β-unsaturated/α-hetero) is 1. The summed E-state index contributed by atoms with van der Waals surface area (Å²) < 4.78 is 83.4. The molecule has 5 nitrogen and oxygen atoms in total. The molecule has 10 heteroatoms. The molecule has 33 heavy (non-hydrogen) atoms. The van der Waals surface area contributed by atoms with Gasteiger partial charge >= 0.3 is 10.1 Å². The molecule has 0 aromatic heterocycles. The number of unbranched alkanes of at least 4 members (excludes halogenated alkanes) is 1. The maximum Gasteiger partial charge on any atom is 0.342 e. The summed E-state index contributed by atoms with van der Waals surface area (Å²) in [5.41, 5.74) is 0.176. The topological polar surface area (TPSA) is 63.7 Å². The molecule has 1 fully saturated rings. The fourth-order valence-electron chi connectivity index (χ4n) is 3.39. The van der Waals surface area contributed by atoms with Gasteiger partial charge in [0.25, 0.3) is 0 Å².